The molecule has 1 heterocycles. The third-order valence-corrected chi connectivity index (χ3v) is 3.73. The number of carboxylic acids is 1. The van der Waals surface area contributed by atoms with Gasteiger partial charge in [0.05, 0.1) is 12.2 Å². The van der Waals surface area contributed by atoms with Crippen LogP contribution in [0.1, 0.15) is 20.8 Å². The molecule has 0 saturated heterocycles. The summed E-state index contributed by atoms with van der Waals surface area (Å²) in [7, 11) is 0. The normalized spacial score (nSPS) is 10.2. The summed E-state index contributed by atoms with van der Waals surface area (Å²) in [4.78, 5) is 34.1. The Balaban J connectivity index is 2.50. The van der Waals surface area contributed by atoms with Gasteiger partial charge in [-0.05, 0) is 19.4 Å². The van der Waals surface area contributed by atoms with Gasteiger partial charge in [0.1, 0.15) is 11.6 Å². The highest BCUT2D eigenvalue weighted by molar-refractivity contribution is 7.16. The van der Waals surface area contributed by atoms with Crippen LogP contribution in [0.5, 0.6) is 0 Å². The first-order valence-electron chi connectivity index (χ1n) is 6.07. The summed E-state index contributed by atoms with van der Waals surface area (Å²) >= 11 is 1.20. The number of anilines is 1. The van der Waals surface area contributed by atoms with Crippen molar-refractivity contribution in [2.45, 2.75) is 13.8 Å². The fourth-order valence-electron chi connectivity index (χ4n) is 1.53. The number of urea groups is 1. The summed E-state index contributed by atoms with van der Waals surface area (Å²) in [5.41, 5.74) is 5.61. The summed E-state index contributed by atoms with van der Waals surface area (Å²) < 4.78 is 4.87. The van der Waals surface area contributed by atoms with E-state index in [0.29, 0.717) is 5.56 Å². The van der Waals surface area contributed by atoms with Gasteiger partial charge in [-0.15, -0.1) is 11.3 Å². The predicted octanol–water partition coefficient (Wildman–Crippen LogP) is 0.687. The van der Waals surface area contributed by atoms with Crippen LogP contribution in [-0.2, 0) is 9.53 Å². The van der Waals surface area contributed by atoms with Gasteiger partial charge in [0.25, 0.3) is 0 Å². The van der Waals surface area contributed by atoms with Gasteiger partial charge in [0, 0.05) is 11.4 Å². The van der Waals surface area contributed by atoms with Crippen LogP contribution in [0.15, 0.2) is 0 Å². The number of hydrogen-bond acceptors (Lipinski definition) is 5. The van der Waals surface area contributed by atoms with Crippen molar-refractivity contribution in [2.24, 2.45) is 5.73 Å². The monoisotopic (exact) mass is 315 g/mol. The Morgan fingerprint density at radius 3 is 2.57 bits per heavy atom. The molecule has 0 unspecified atom stereocenters. The Morgan fingerprint density at radius 1 is 1.33 bits per heavy atom. The van der Waals surface area contributed by atoms with E-state index in [0.717, 1.165) is 4.88 Å². The molecule has 21 heavy (non-hydrogen) atoms. The standard InChI is InChI=1S/C12H17N3O5S/c1-6-7(2)21-10(9(6)11(17)18)15-12(19)14-3-4-20-5-8(13)16/h3-5H2,1-2H3,(H2,13,16)(H,17,18)(H2,14,15,19). The molecule has 1 aromatic heterocycles. The lowest BCUT2D eigenvalue weighted by Crippen LogP contribution is -2.32. The molecule has 0 atom stereocenters. The van der Waals surface area contributed by atoms with E-state index in [1.165, 1.54) is 11.3 Å². The molecule has 0 saturated carbocycles. The minimum atomic E-state index is -1.09. The van der Waals surface area contributed by atoms with Crippen molar-refractivity contribution in [3.8, 4) is 0 Å². The van der Waals surface area contributed by atoms with E-state index in [1.54, 1.807) is 13.8 Å². The quantitative estimate of drug-likeness (QED) is 0.550. The number of rotatable bonds is 7. The van der Waals surface area contributed by atoms with Crippen molar-refractivity contribution < 1.29 is 24.2 Å². The van der Waals surface area contributed by atoms with Crippen LogP contribution in [-0.4, -0.2) is 42.8 Å². The van der Waals surface area contributed by atoms with Crippen LogP contribution in [0.25, 0.3) is 0 Å². The molecular weight excluding hydrogens is 298 g/mol. The fourth-order valence-corrected chi connectivity index (χ4v) is 2.58. The summed E-state index contributed by atoms with van der Waals surface area (Å²) in [6, 6.07) is -0.540. The molecule has 1 aromatic rings. The van der Waals surface area contributed by atoms with Gasteiger partial charge in [-0.2, -0.15) is 0 Å². The molecular formula is C12H17N3O5S. The zero-order chi connectivity index (χ0) is 16.0. The van der Waals surface area contributed by atoms with Gasteiger partial charge in [-0.25, -0.2) is 9.59 Å². The number of hydrogen-bond donors (Lipinski definition) is 4. The van der Waals surface area contributed by atoms with Gasteiger partial charge >= 0.3 is 12.0 Å². The highest BCUT2D eigenvalue weighted by atomic mass is 32.1. The SMILES string of the molecule is Cc1sc(NC(=O)NCCOCC(N)=O)c(C(=O)O)c1C. The number of carbonyl (C=O) groups is 3. The number of thiophene rings is 1. The Kier molecular flexibility index (Phi) is 6.12. The Bertz CT molecular complexity index is 555. The summed E-state index contributed by atoms with van der Waals surface area (Å²) in [5, 5.41) is 14.4. The average Bonchev–Trinajstić information content (AvgIpc) is 2.63. The number of carboxylic acid groups (broad SMARTS) is 1. The number of aryl methyl sites for hydroxylation is 1. The minimum absolute atomic E-state index is 0.0950. The third-order valence-electron chi connectivity index (χ3n) is 2.60. The zero-order valence-corrected chi connectivity index (χ0v) is 12.5. The Hall–Kier alpha value is -2.13. The topological polar surface area (TPSA) is 131 Å². The van der Waals surface area contributed by atoms with E-state index in [4.69, 9.17) is 15.6 Å². The van der Waals surface area contributed by atoms with Crippen molar-refractivity contribution in [1.82, 2.24) is 5.32 Å². The number of carbonyl (C=O) groups excluding carboxylic acids is 2. The van der Waals surface area contributed by atoms with Crippen molar-refractivity contribution >= 4 is 34.2 Å². The van der Waals surface area contributed by atoms with E-state index in [1.807, 2.05) is 0 Å². The van der Waals surface area contributed by atoms with E-state index >= 15 is 0 Å². The average molecular weight is 315 g/mol. The summed E-state index contributed by atoms with van der Waals surface area (Å²) in [5.74, 6) is -1.67. The third kappa shape index (κ3) is 5.04. The molecule has 5 N–H and O–H groups in total. The van der Waals surface area contributed by atoms with E-state index in [-0.39, 0.29) is 30.3 Å². The number of nitrogens with one attached hydrogen (secondary N) is 2. The first kappa shape index (κ1) is 16.9. The van der Waals surface area contributed by atoms with Crippen LogP contribution in [0.4, 0.5) is 9.80 Å². The van der Waals surface area contributed by atoms with E-state index < -0.39 is 17.9 Å². The summed E-state index contributed by atoms with van der Waals surface area (Å²) in [6.45, 7) is 3.56. The first-order valence-corrected chi connectivity index (χ1v) is 6.88. The molecule has 9 heteroatoms. The zero-order valence-electron chi connectivity index (χ0n) is 11.7. The molecule has 1 rings (SSSR count). The number of primary amides is 1. The summed E-state index contributed by atoms with van der Waals surface area (Å²) in [6.07, 6.45) is 0. The smallest absolute Gasteiger partial charge is 0.338 e. The molecule has 0 aliphatic rings. The minimum Gasteiger partial charge on any atom is -0.478 e. The maximum atomic E-state index is 11.6. The van der Waals surface area contributed by atoms with Crippen LogP contribution < -0.4 is 16.4 Å². The fraction of sp³-hybridized carbons (Fsp3) is 0.417. The van der Waals surface area contributed by atoms with Crippen LogP contribution >= 0.6 is 11.3 Å². The molecule has 0 fully saturated rings. The first-order chi connectivity index (χ1) is 9.82. The second-order valence-electron chi connectivity index (χ2n) is 4.19. The molecule has 116 valence electrons. The van der Waals surface area contributed by atoms with E-state index in [9.17, 15) is 14.4 Å². The van der Waals surface area contributed by atoms with Crippen LogP contribution in [0.3, 0.4) is 0 Å². The van der Waals surface area contributed by atoms with Gasteiger partial charge < -0.3 is 20.9 Å². The van der Waals surface area contributed by atoms with Gasteiger partial charge in [0.15, 0.2) is 0 Å². The molecule has 0 radical (unpaired) electrons. The Morgan fingerprint density at radius 2 is 2.00 bits per heavy atom. The van der Waals surface area contributed by atoms with E-state index in [2.05, 4.69) is 10.6 Å². The number of amides is 3. The second-order valence-corrected chi connectivity index (χ2v) is 5.42. The van der Waals surface area contributed by atoms with Gasteiger partial charge in [-0.3, -0.25) is 10.1 Å². The molecule has 0 aliphatic carbocycles. The lowest BCUT2D eigenvalue weighted by molar-refractivity contribution is -0.122. The maximum absolute atomic E-state index is 11.6. The van der Waals surface area contributed by atoms with Crippen molar-refractivity contribution in [3.63, 3.8) is 0 Å². The number of aromatic carboxylic acids is 1. The molecule has 0 bridgehead atoms. The van der Waals surface area contributed by atoms with Crippen LogP contribution in [0.2, 0.25) is 0 Å². The maximum Gasteiger partial charge on any atom is 0.338 e. The van der Waals surface area contributed by atoms with Crippen LogP contribution in [0, 0.1) is 13.8 Å². The molecule has 0 spiro atoms. The Labute approximate surface area is 125 Å². The lowest BCUT2D eigenvalue weighted by Gasteiger charge is -2.07. The highest BCUT2D eigenvalue weighted by Gasteiger charge is 2.20. The lowest BCUT2D eigenvalue weighted by atomic mass is 10.1. The number of nitrogens with two attached hydrogens (primary N) is 1. The van der Waals surface area contributed by atoms with Gasteiger partial charge in [0.2, 0.25) is 5.91 Å². The van der Waals surface area contributed by atoms with Crippen molar-refractivity contribution in [1.29, 1.82) is 0 Å². The molecule has 8 nitrogen and oxygen atoms in total. The van der Waals surface area contributed by atoms with Crippen molar-refractivity contribution in [2.75, 3.05) is 25.1 Å². The van der Waals surface area contributed by atoms with Gasteiger partial charge in [-0.1, -0.05) is 0 Å². The highest BCUT2D eigenvalue weighted by Crippen LogP contribution is 2.32. The predicted molar refractivity (Wildman–Crippen MR) is 77.8 cm³/mol. The molecule has 3 amide bonds. The number of ether oxygens (including phenoxy) is 1. The molecule has 0 aliphatic heterocycles. The largest absolute Gasteiger partial charge is 0.478 e. The molecule has 0 aromatic carbocycles. The van der Waals surface area contributed by atoms with Crippen molar-refractivity contribution in [3.05, 3.63) is 16.0 Å². The second kappa shape index (κ2) is 7.60.